The van der Waals surface area contributed by atoms with Crippen LogP contribution in [0.5, 0.6) is 0 Å². The van der Waals surface area contributed by atoms with E-state index >= 15 is 0 Å². The number of piperazine rings is 1. The Balaban J connectivity index is 1.32. The van der Waals surface area contributed by atoms with Gasteiger partial charge in [0.25, 0.3) is 0 Å². The molecular formula is C27H34N4O2S. The Morgan fingerprint density at radius 1 is 0.941 bits per heavy atom. The molecule has 2 fully saturated rings. The summed E-state index contributed by atoms with van der Waals surface area (Å²) in [5, 5.41) is 0. The van der Waals surface area contributed by atoms with Gasteiger partial charge >= 0.3 is 6.09 Å². The van der Waals surface area contributed by atoms with Gasteiger partial charge in [-0.15, -0.1) is 11.3 Å². The monoisotopic (exact) mass is 478 g/mol. The molecule has 2 saturated heterocycles. The first-order valence-electron chi connectivity index (χ1n) is 12.3. The molecule has 0 radical (unpaired) electrons. The first kappa shape index (κ1) is 23.0. The van der Waals surface area contributed by atoms with Crippen molar-refractivity contribution >= 4 is 39.0 Å². The number of nitrogens with zero attached hydrogens (tertiary/aromatic N) is 4. The van der Waals surface area contributed by atoms with Crippen LogP contribution in [-0.4, -0.2) is 60.8 Å². The number of fused-ring (bicyclic) bond motifs is 1. The molecule has 5 rings (SSSR count). The lowest BCUT2D eigenvalue weighted by Gasteiger charge is -2.36. The Hall–Kier alpha value is -2.80. The van der Waals surface area contributed by atoms with Gasteiger partial charge < -0.3 is 19.4 Å². The lowest BCUT2D eigenvalue weighted by Crippen LogP contribution is -2.50. The minimum absolute atomic E-state index is 0.221. The molecule has 1 amide bonds. The highest BCUT2D eigenvalue weighted by Crippen LogP contribution is 2.37. The van der Waals surface area contributed by atoms with Gasteiger partial charge in [0.05, 0.1) is 21.6 Å². The van der Waals surface area contributed by atoms with Crippen LogP contribution in [0.2, 0.25) is 0 Å². The molecule has 180 valence electrons. The van der Waals surface area contributed by atoms with Crippen LogP contribution < -0.4 is 9.80 Å². The normalized spacial score (nSPS) is 17.0. The van der Waals surface area contributed by atoms with E-state index in [9.17, 15) is 4.79 Å². The molecule has 2 aliphatic heterocycles. The van der Waals surface area contributed by atoms with E-state index in [0.717, 1.165) is 43.0 Å². The number of pyridine rings is 1. The van der Waals surface area contributed by atoms with E-state index in [1.54, 1.807) is 4.90 Å². The van der Waals surface area contributed by atoms with Crippen molar-refractivity contribution in [3.05, 3.63) is 41.3 Å². The summed E-state index contributed by atoms with van der Waals surface area (Å²) in [6.07, 6.45) is 2.31. The third-order valence-electron chi connectivity index (χ3n) is 6.49. The van der Waals surface area contributed by atoms with Gasteiger partial charge in [-0.3, -0.25) is 0 Å². The second kappa shape index (κ2) is 9.10. The van der Waals surface area contributed by atoms with Gasteiger partial charge in [0, 0.05) is 55.4 Å². The third kappa shape index (κ3) is 4.85. The number of benzene rings is 1. The summed E-state index contributed by atoms with van der Waals surface area (Å²) < 4.78 is 6.83. The number of amides is 1. The lowest BCUT2D eigenvalue weighted by atomic mass is 10.1. The van der Waals surface area contributed by atoms with Crippen molar-refractivity contribution < 1.29 is 9.53 Å². The summed E-state index contributed by atoms with van der Waals surface area (Å²) >= 11 is 1.85. The van der Waals surface area contributed by atoms with E-state index < -0.39 is 5.60 Å². The van der Waals surface area contributed by atoms with Gasteiger partial charge in [0.15, 0.2) is 0 Å². The molecule has 7 heteroatoms. The van der Waals surface area contributed by atoms with Gasteiger partial charge in [0.2, 0.25) is 0 Å². The molecule has 0 atom stereocenters. The molecular weight excluding hydrogens is 444 g/mol. The standard InChI is InChI=1S/C27H34N4O2S/c1-19-17-23-25(34-19)24(30-11-5-6-12-30)18-22(28-23)20-7-9-21(10-8-20)29-13-15-31(16-14-29)26(32)33-27(2,3)4/h7-10,17-18H,5-6,11-16H2,1-4H3. The van der Waals surface area contributed by atoms with Crippen LogP contribution in [-0.2, 0) is 4.74 Å². The molecule has 0 unspecified atom stereocenters. The van der Waals surface area contributed by atoms with Crippen molar-refractivity contribution in [1.29, 1.82) is 0 Å². The first-order valence-corrected chi connectivity index (χ1v) is 13.1. The molecule has 0 spiro atoms. The average Bonchev–Trinajstić information content (AvgIpc) is 3.46. The van der Waals surface area contributed by atoms with E-state index in [4.69, 9.17) is 9.72 Å². The summed E-state index contributed by atoms with van der Waals surface area (Å²) in [4.78, 5) is 25.3. The largest absolute Gasteiger partial charge is 0.444 e. The quantitative estimate of drug-likeness (QED) is 0.467. The summed E-state index contributed by atoms with van der Waals surface area (Å²) in [6, 6.07) is 13.2. The van der Waals surface area contributed by atoms with Gasteiger partial charge in [-0.05, 0) is 64.8 Å². The maximum atomic E-state index is 12.4. The fourth-order valence-corrected chi connectivity index (χ4v) is 5.78. The van der Waals surface area contributed by atoms with E-state index in [-0.39, 0.29) is 6.09 Å². The molecule has 2 aliphatic rings. The Labute approximate surface area is 206 Å². The highest BCUT2D eigenvalue weighted by molar-refractivity contribution is 7.19. The molecule has 0 bridgehead atoms. The Morgan fingerprint density at radius 2 is 1.62 bits per heavy atom. The highest BCUT2D eigenvalue weighted by atomic mass is 32.1. The predicted molar refractivity (Wildman–Crippen MR) is 141 cm³/mol. The molecule has 0 N–H and O–H groups in total. The number of rotatable bonds is 3. The van der Waals surface area contributed by atoms with Crippen LogP contribution in [0.15, 0.2) is 36.4 Å². The van der Waals surface area contributed by atoms with Gasteiger partial charge in [0.1, 0.15) is 5.60 Å². The van der Waals surface area contributed by atoms with Crippen molar-refractivity contribution in [3.63, 3.8) is 0 Å². The number of hydrogen-bond donors (Lipinski definition) is 0. The van der Waals surface area contributed by atoms with E-state index in [1.807, 2.05) is 32.1 Å². The smallest absolute Gasteiger partial charge is 0.410 e. The number of hydrogen-bond acceptors (Lipinski definition) is 6. The Kier molecular flexibility index (Phi) is 6.15. The number of carbonyl (C=O) groups is 1. The molecule has 2 aromatic heterocycles. The van der Waals surface area contributed by atoms with Crippen LogP contribution in [0.1, 0.15) is 38.5 Å². The number of carbonyl (C=O) groups excluding carboxylic acids is 1. The zero-order valence-electron chi connectivity index (χ0n) is 20.6. The maximum Gasteiger partial charge on any atom is 0.410 e. The summed E-state index contributed by atoms with van der Waals surface area (Å²) in [7, 11) is 0. The van der Waals surface area contributed by atoms with Gasteiger partial charge in [-0.1, -0.05) is 12.1 Å². The molecule has 4 heterocycles. The SMILES string of the molecule is Cc1cc2nc(-c3ccc(N4CCN(C(=O)OC(C)(C)C)CC4)cc3)cc(N3CCCC3)c2s1. The van der Waals surface area contributed by atoms with E-state index in [1.165, 1.54) is 33.8 Å². The van der Waals surface area contributed by atoms with Crippen LogP contribution in [0.3, 0.4) is 0 Å². The second-order valence-electron chi connectivity index (χ2n) is 10.3. The van der Waals surface area contributed by atoms with Crippen LogP contribution in [0.25, 0.3) is 21.5 Å². The van der Waals surface area contributed by atoms with Crippen molar-refractivity contribution in [1.82, 2.24) is 9.88 Å². The van der Waals surface area contributed by atoms with Gasteiger partial charge in [-0.25, -0.2) is 9.78 Å². The number of aryl methyl sites for hydroxylation is 1. The summed E-state index contributed by atoms with van der Waals surface area (Å²) in [5.41, 5.74) is 5.33. The number of thiophene rings is 1. The third-order valence-corrected chi connectivity index (χ3v) is 7.55. The van der Waals surface area contributed by atoms with Crippen LogP contribution >= 0.6 is 11.3 Å². The fraction of sp³-hybridized carbons (Fsp3) is 0.481. The average molecular weight is 479 g/mol. The fourth-order valence-electron chi connectivity index (χ4n) is 4.78. The van der Waals surface area contributed by atoms with E-state index in [2.05, 4.69) is 53.1 Å². The Morgan fingerprint density at radius 3 is 2.26 bits per heavy atom. The highest BCUT2D eigenvalue weighted by Gasteiger charge is 2.26. The second-order valence-corrected chi connectivity index (χ2v) is 11.5. The summed E-state index contributed by atoms with van der Waals surface area (Å²) in [6.45, 7) is 13.1. The number of anilines is 2. The molecule has 3 aromatic rings. The topological polar surface area (TPSA) is 48.9 Å². The predicted octanol–water partition coefficient (Wildman–Crippen LogP) is 5.93. The lowest BCUT2D eigenvalue weighted by molar-refractivity contribution is 0.0240. The Bertz CT molecular complexity index is 1170. The minimum atomic E-state index is -0.461. The van der Waals surface area contributed by atoms with Crippen LogP contribution in [0.4, 0.5) is 16.2 Å². The van der Waals surface area contributed by atoms with Gasteiger partial charge in [-0.2, -0.15) is 0 Å². The van der Waals surface area contributed by atoms with Crippen molar-refractivity contribution in [2.24, 2.45) is 0 Å². The molecule has 34 heavy (non-hydrogen) atoms. The number of aromatic nitrogens is 1. The molecule has 6 nitrogen and oxygen atoms in total. The number of ether oxygens (including phenoxy) is 1. The molecule has 0 aliphatic carbocycles. The minimum Gasteiger partial charge on any atom is -0.444 e. The zero-order valence-corrected chi connectivity index (χ0v) is 21.5. The maximum absolute atomic E-state index is 12.4. The van der Waals surface area contributed by atoms with Crippen molar-refractivity contribution in [2.45, 2.75) is 46.1 Å². The van der Waals surface area contributed by atoms with Crippen molar-refractivity contribution in [2.75, 3.05) is 49.1 Å². The molecule has 0 saturated carbocycles. The zero-order chi connectivity index (χ0) is 23.9. The molecule has 1 aromatic carbocycles. The van der Waals surface area contributed by atoms with Crippen molar-refractivity contribution in [3.8, 4) is 11.3 Å². The summed E-state index contributed by atoms with van der Waals surface area (Å²) in [5.74, 6) is 0. The first-order chi connectivity index (χ1) is 16.3. The van der Waals surface area contributed by atoms with Crippen LogP contribution in [0, 0.1) is 6.92 Å². The van der Waals surface area contributed by atoms with E-state index in [0.29, 0.717) is 13.1 Å².